The number of hydrogen-bond donors (Lipinski definition) is 0. The van der Waals surface area contributed by atoms with Crippen LogP contribution in [-0.4, -0.2) is 35.6 Å². The first kappa shape index (κ1) is 18.4. The smallest absolute Gasteiger partial charge is 0.309 e. The van der Waals surface area contributed by atoms with Gasteiger partial charge in [0.05, 0.1) is 12.5 Å². The number of carbonyl (C=O) groups is 2. The molecule has 0 saturated heterocycles. The Labute approximate surface area is 130 Å². The zero-order chi connectivity index (χ0) is 16.9. The molecule has 0 bridgehead atoms. The average Bonchev–Trinajstić information content (AvgIpc) is 3.12. The van der Waals surface area contributed by atoms with Gasteiger partial charge in [-0.3, -0.25) is 19.7 Å². The van der Waals surface area contributed by atoms with Gasteiger partial charge in [-0.25, -0.2) is 0 Å². The van der Waals surface area contributed by atoms with Gasteiger partial charge in [-0.15, -0.1) is 0 Å². The number of nitro groups is 1. The molecule has 0 aromatic heterocycles. The highest BCUT2D eigenvalue weighted by atomic mass is 16.6. The third kappa shape index (κ3) is 6.41. The molecule has 1 fully saturated rings. The van der Waals surface area contributed by atoms with Crippen molar-refractivity contribution in [2.24, 2.45) is 17.8 Å². The number of esters is 2. The molecule has 1 aliphatic carbocycles. The second-order valence-electron chi connectivity index (χ2n) is 6.65. The van der Waals surface area contributed by atoms with E-state index in [0.29, 0.717) is 6.42 Å². The molecule has 0 aromatic rings. The second-order valence-corrected chi connectivity index (χ2v) is 6.65. The van der Waals surface area contributed by atoms with Crippen LogP contribution in [0.1, 0.15) is 47.0 Å². The van der Waals surface area contributed by atoms with Crippen LogP contribution in [0.4, 0.5) is 0 Å². The van der Waals surface area contributed by atoms with E-state index in [0.717, 1.165) is 0 Å². The minimum absolute atomic E-state index is 0.0285. The third-order valence-corrected chi connectivity index (χ3v) is 3.57. The monoisotopic (exact) mass is 315 g/mol. The summed E-state index contributed by atoms with van der Waals surface area (Å²) in [6.07, 6.45) is 1.01. The van der Waals surface area contributed by atoms with Crippen molar-refractivity contribution in [2.75, 3.05) is 13.2 Å². The fourth-order valence-corrected chi connectivity index (χ4v) is 2.56. The van der Waals surface area contributed by atoms with Crippen molar-refractivity contribution in [3.8, 4) is 0 Å². The van der Waals surface area contributed by atoms with E-state index in [2.05, 4.69) is 0 Å². The minimum Gasteiger partial charge on any atom is -0.466 e. The molecule has 0 N–H and O–H groups in total. The van der Waals surface area contributed by atoms with E-state index < -0.39 is 10.5 Å². The van der Waals surface area contributed by atoms with Crippen molar-refractivity contribution in [3.05, 3.63) is 10.1 Å². The van der Waals surface area contributed by atoms with E-state index >= 15 is 0 Å². The Balaban J connectivity index is 2.59. The summed E-state index contributed by atoms with van der Waals surface area (Å²) in [7, 11) is 0. The molecule has 1 rings (SSSR count). The molecule has 1 unspecified atom stereocenters. The van der Waals surface area contributed by atoms with Crippen molar-refractivity contribution in [3.63, 3.8) is 0 Å². The second kappa shape index (κ2) is 7.56. The van der Waals surface area contributed by atoms with E-state index in [1.807, 2.05) is 0 Å². The lowest BCUT2D eigenvalue weighted by atomic mass is 9.94. The van der Waals surface area contributed by atoms with Crippen LogP contribution in [0.15, 0.2) is 0 Å². The van der Waals surface area contributed by atoms with Gasteiger partial charge in [0.15, 0.2) is 0 Å². The first-order chi connectivity index (χ1) is 10.1. The molecule has 0 aromatic carbocycles. The van der Waals surface area contributed by atoms with Crippen molar-refractivity contribution in [1.82, 2.24) is 0 Å². The van der Waals surface area contributed by atoms with Gasteiger partial charge >= 0.3 is 11.9 Å². The molecule has 0 aliphatic heterocycles. The minimum atomic E-state index is -0.554. The van der Waals surface area contributed by atoms with Gasteiger partial charge in [0.25, 0.3) is 0 Å². The van der Waals surface area contributed by atoms with Gasteiger partial charge in [-0.2, -0.15) is 0 Å². The van der Waals surface area contributed by atoms with Gasteiger partial charge in [0.2, 0.25) is 6.54 Å². The van der Waals surface area contributed by atoms with Crippen molar-refractivity contribution >= 4 is 11.9 Å². The summed E-state index contributed by atoms with van der Waals surface area (Å²) in [6, 6.07) is 0. The van der Waals surface area contributed by atoms with Gasteiger partial charge < -0.3 is 9.47 Å². The summed E-state index contributed by atoms with van der Waals surface area (Å²) < 4.78 is 10.2. The molecular weight excluding hydrogens is 290 g/mol. The maximum Gasteiger partial charge on any atom is 0.309 e. The Morgan fingerprint density at radius 1 is 1.36 bits per heavy atom. The molecule has 0 radical (unpaired) electrons. The van der Waals surface area contributed by atoms with E-state index in [1.165, 1.54) is 0 Å². The maximum atomic E-state index is 12.0. The molecule has 7 nitrogen and oxygen atoms in total. The summed E-state index contributed by atoms with van der Waals surface area (Å²) >= 11 is 0. The molecule has 0 heterocycles. The van der Waals surface area contributed by atoms with Crippen LogP contribution in [0.3, 0.4) is 0 Å². The lowest BCUT2D eigenvalue weighted by Crippen LogP contribution is -2.26. The number of nitrogens with zero attached hydrogens (tertiary/aromatic N) is 1. The fraction of sp³-hybridized carbons (Fsp3) is 0.867. The molecule has 22 heavy (non-hydrogen) atoms. The van der Waals surface area contributed by atoms with Crippen LogP contribution in [-0.2, 0) is 19.1 Å². The van der Waals surface area contributed by atoms with Crippen molar-refractivity contribution in [1.29, 1.82) is 0 Å². The topological polar surface area (TPSA) is 95.7 Å². The molecule has 0 spiro atoms. The van der Waals surface area contributed by atoms with E-state index in [4.69, 9.17) is 9.47 Å². The quantitative estimate of drug-likeness (QED) is 0.387. The molecule has 1 saturated carbocycles. The highest BCUT2D eigenvalue weighted by Gasteiger charge is 2.50. The van der Waals surface area contributed by atoms with E-state index in [1.54, 1.807) is 27.7 Å². The maximum absolute atomic E-state index is 12.0. The van der Waals surface area contributed by atoms with Gasteiger partial charge in [0.1, 0.15) is 5.60 Å². The molecule has 3 atom stereocenters. The number of rotatable bonds is 8. The molecule has 0 amide bonds. The van der Waals surface area contributed by atoms with Crippen molar-refractivity contribution < 1.29 is 24.0 Å². The van der Waals surface area contributed by atoms with Crippen LogP contribution >= 0.6 is 0 Å². The molecule has 126 valence electrons. The molecular formula is C15H25NO6. The van der Waals surface area contributed by atoms with E-state index in [9.17, 15) is 19.7 Å². The fourth-order valence-electron chi connectivity index (χ4n) is 2.56. The van der Waals surface area contributed by atoms with E-state index in [-0.39, 0.29) is 55.7 Å². The zero-order valence-corrected chi connectivity index (χ0v) is 13.7. The largest absolute Gasteiger partial charge is 0.466 e. The molecule has 7 heteroatoms. The van der Waals surface area contributed by atoms with Gasteiger partial charge in [0, 0.05) is 17.8 Å². The van der Waals surface area contributed by atoms with Gasteiger partial charge in [-0.05, 0) is 46.0 Å². The summed E-state index contributed by atoms with van der Waals surface area (Å²) in [5, 5.41) is 10.6. The van der Waals surface area contributed by atoms with Crippen molar-refractivity contribution in [2.45, 2.75) is 52.6 Å². The third-order valence-electron chi connectivity index (χ3n) is 3.57. The predicted octanol–water partition coefficient (Wildman–Crippen LogP) is 2.20. The van der Waals surface area contributed by atoms with Crippen LogP contribution in [0.2, 0.25) is 0 Å². The standard InChI is InChI=1S/C15H25NO6/c1-5-21-13(17)8-10(6-7-16(19)20)11-9-12(11)14(18)22-15(2,3)4/h10-12H,5-9H2,1-4H3/t10?,11-,12+/m1/s1. The Hall–Kier alpha value is -1.66. The van der Waals surface area contributed by atoms with Crippen LogP contribution in [0.5, 0.6) is 0 Å². The normalized spacial score (nSPS) is 21.8. The highest BCUT2D eigenvalue weighted by molar-refractivity contribution is 5.76. The highest BCUT2D eigenvalue weighted by Crippen LogP contribution is 2.48. The van der Waals surface area contributed by atoms with Gasteiger partial charge in [-0.1, -0.05) is 0 Å². The lowest BCUT2D eigenvalue weighted by molar-refractivity contribution is -0.481. The predicted molar refractivity (Wildman–Crippen MR) is 78.7 cm³/mol. The number of hydrogen-bond acceptors (Lipinski definition) is 6. The first-order valence-electron chi connectivity index (χ1n) is 7.64. The average molecular weight is 315 g/mol. The zero-order valence-electron chi connectivity index (χ0n) is 13.7. The first-order valence-corrected chi connectivity index (χ1v) is 7.64. The number of ether oxygens (including phenoxy) is 2. The summed E-state index contributed by atoms with van der Waals surface area (Å²) in [4.78, 5) is 33.8. The summed E-state index contributed by atoms with van der Waals surface area (Å²) in [6.45, 7) is 7.18. The van der Waals surface area contributed by atoms with Crippen LogP contribution in [0, 0.1) is 27.9 Å². The molecule has 1 aliphatic rings. The van der Waals surface area contributed by atoms with Crippen LogP contribution < -0.4 is 0 Å². The number of carbonyl (C=O) groups excluding carboxylic acids is 2. The summed E-state index contributed by atoms with van der Waals surface area (Å²) in [5.74, 6) is -1.15. The van der Waals surface area contributed by atoms with Crippen LogP contribution in [0.25, 0.3) is 0 Å². The summed E-state index contributed by atoms with van der Waals surface area (Å²) in [5.41, 5.74) is -0.554. The SMILES string of the molecule is CCOC(=O)CC(CC[N+](=O)[O-])[C@H]1C[C@@H]1C(=O)OC(C)(C)C. The Morgan fingerprint density at radius 2 is 2.00 bits per heavy atom. The lowest BCUT2D eigenvalue weighted by Gasteiger charge is -2.20. The Morgan fingerprint density at radius 3 is 2.50 bits per heavy atom. The Bertz CT molecular complexity index is 428. The Kier molecular flexibility index (Phi) is 6.32.